The first-order chi connectivity index (χ1) is 17.3. The van der Waals surface area contributed by atoms with Crippen molar-refractivity contribution in [3.05, 3.63) is 75.9 Å². The maximum absolute atomic E-state index is 14.0. The Bertz CT molecular complexity index is 1610. The van der Waals surface area contributed by atoms with Crippen molar-refractivity contribution >= 4 is 33.2 Å². The molecule has 184 valence electrons. The van der Waals surface area contributed by atoms with E-state index >= 15 is 0 Å². The van der Waals surface area contributed by atoms with Crippen molar-refractivity contribution < 1.29 is 17.6 Å². The summed E-state index contributed by atoms with van der Waals surface area (Å²) in [6.07, 6.45) is 5.44. The zero-order valence-corrected chi connectivity index (χ0v) is 20.7. The summed E-state index contributed by atoms with van der Waals surface area (Å²) in [6, 6.07) is 6.01. The van der Waals surface area contributed by atoms with Gasteiger partial charge in [0.2, 0.25) is 0 Å². The van der Waals surface area contributed by atoms with E-state index < -0.39 is 15.4 Å². The van der Waals surface area contributed by atoms with Crippen molar-refractivity contribution in [1.29, 1.82) is 0 Å². The molecular weight excluding hydrogens is 505 g/mol. The largest absolute Gasteiger partial charge is 0.291 e. The minimum absolute atomic E-state index is 0.0354. The first-order valence-corrected chi connectivity index (χ1v) is 13.5. The molecule has 0 saturated carbocycles. The highest BCUT2D eigenvalue weighted by Crippen LogP contribution is 2.47. The molecule has 6 rings (SSSR count). The number of hydrogen-bond donors (Lipinski definition) is 0. The number of rotatable bonds is 5. The molecule has 1 aliphatic heterocycles. The predicted molar refractivity (Wildman–Crippen MR) is 128 cm³/mol. The molecule has 4 heterocycles. The SMILES string of the molecule is Cn1nncc1S(=O)(=O)N1CCC2=Cc3c(cnn3-c3ccc(F)cc3)CC2(C(=O)c2cscn2)C1. The van der Waals surface area contributed by atoms with Crippen LogP contribution in [0.25, 0.3) is 11.8 Å². The fourth-order valence-corrected chi connectivity index (χ4v) is 7.09. The van der Waals surface area contributed by atoms with Gasteiger partial charge in [0, 0.05) is 25.5 Å². The van der Waals surface area contributed by atoms with Gasteiger partial charge in [0.1, 0.15) is 11.5 Å². The van der Waals surface area contributed by atoms with Crippen LogP contribution in [-0.4, -0.2) is 61.4 Å². The number of halogens is 1. The number of ketones is 1. The van der Waals surface area contributed by atoms with Gasteiger partial charge in [-0.1, -0.05) is 10.8 Å². The normalized spacial score (nSPS) is 20.0. The van der Waals surface area contributed by atoms with Crippen LogP contribution >= 0.6 is 11.3 Å². The van der Waals surface area contributed by atoms with E-state index in [1.165, 1.54) is 45.7 Å². The second kappa shape index (κ2) is 8.25. The van der Waals surface area contributed by atoms with Crippen LogP contribution in [0.2, 0.25) is 0 Å². The minimum atomic E-state index is -3.94. The molecule has 4 aromatic rings. The lowest BCUT2D eigenvalue weighted by molar-refractivity contribution is 0.0770. The van der Waals surface area contributed by atoms with E-state index in [1.54, 1.807) is 33.9 Å². The van der Waals surface area contributed by atoms with Crippen LogP contribution in [0.4, 0.5) is 4.39 Å². The molecule has 1 atom stereocenters. The average molecular weight is 526 g/mol. The van der Waals surface area contributed by atoms with Crippen LogP contribution in [0.5, 0.6) is 0 Å². The minimum Gasteiger partial charge on any atom is -0.291 e. The van der Waals surface area contributed by atoms with Gasteiger partial charge < -0.3 is 0 Å². The van der Waals surface area contributed by atoms with Crippen LogP contribution in [0.1, 0.15) is 28.2 Å². The van der Waals surface area contributed by atoms with Gasteiger partial charge in [-0.2, -0.15) is 9.40 Å². The van der Waals surface area contributed by atoms with Crippen molar-refractivity contribution in [3.8, 4) is 5.69 Å². The molecule has 0 amide bonds. The molecule has 1 saturated heterocycles. The van der Waals surface area contributed by atoms with Gasteiger partial charge >= 0.3 is 0 Å². The van der Waals surface area contributed by atoms with Crippen LogP contribution in [0.3, 0.4) is 0 Å². The zero-order chi connectivity index (χ0) is 25.1. The van der Waals surface area contributed by atoms with Gasteiger partial charge in [-0.3, -0.25) is 4.79 Å². The molecule has 13 heteroatoms. The van der Waals surface area contributed by atoms with E-state index in [4.69, 9.17) is 0 Å². The predicted octanol–water partition coefficient (Wildman–Crippen LogP) is 2.50. The molecule has 36 heavy (non-hydrogen) atoms. The Labute approximate surface area is 209 Å². The third kappa shape index (κ3) is 3.45. The van der Waals surface area contributed by atoms with Gasteiger partial charge in [0.05, 0.1) is 34.7 Å². The summed E-state index contributed by atoms with van der Waals surface area (Å²) in [5, 5.41) is 13.6. The van der Waals surface area contributed by atoms with Gasteiger partial charge in [0.15, 0.2) is 10.8 Å². The monoisotopic (exact) mass is 525 g/mol. The maximum Gasteiger partial charge on any atom is 0.261 e. The first-order valence-electron chi connectivity index (χ1n) is 11.1. The molecule has 1 aromatic carbocycles. The maximum atomic E-state index is 14.0. The third-order valence-corrected chi connectivity index (χ3v) is 9.31. The van der Waals surface area contributed by atoms with Gasteiger partial charge in [-0.25, -0.2) is 27.2 Å². The summed E-state index contributed by atoms with van der Waals surface area (Å²) in [7, 11) is -2.43. The number of aryl methyl sites for hydroxylation is 1. The second-order valence-corrected chi connectivity index (χ2v) is 11.5. The van der Waals surface area contributed by atoms with E-state index in [-0.39, 0.29) is 36.1 Å². The molecule has 10 nitrogen and oxygen atoms in total. The molecule has 1 unspecified atom stereocenters. The molecule has 3 aromatic heterocycles. The summed E-state index contributed by atoms with van der Waals surface area (Å²) < 4.78 is 44.7. The first kappa shape index (κ1) is 22.9. The highest BCUT2D eigenvalue weighted by molar-refractivity contribution is 7.89. The van der Waals surface area contributed by atoms with Crippen molar-refractivity contribution in [2.75, 3.05) is 13.1 Å². The smallest absolute Gasteiger partial charge is 0.261 e. The number of Topliss-reactive ketones (excluding diaryl/α,β-unsaturated/α-hetero) is 1. The number of carbonyl (C=O) groups excluding carboxylic acids is 1. The third-order valence-electron chi connectivity index (χ3n) is 6.83. The second-order valence-electron chi connectivity index (χ2n) is 8.86. The standard InChI is InChI=1S/C23H20FN7O3S2/c1-29-21(11-26-28-29)36(33,34)30-7-6-16-8-20-15(10-27-31(20)18-4-2-17(24)3-5-18)9-23(16,13-30)22(32)19-12-35-14-25-19/h2-5,8,10-12,14H,6-7,9,13H2,1H3. The summed E-state index contributed by atoms with van der Waals surface area (Å²) in [6.45, 7) is 0.162. The van der Waals surface area contributed by atoms with Crippen LogP contribution in [0, 0.1) is 11.2 Å². The Morgan fingerprint density at radius 3 is 2.69 bits per heavy atom. The molecule has 1 fully saturated rings. The lowest BCUT2D eigenvalue weighted by Crippen LogP contribution is -2.53. The Morgan fingerprint density at radius 2 is 2.00 bits per heavy atom. The fourth-order valence-electron chi connectivity index (χ4n) is 5.02. The highest BCUT2D eigenvalue weighted by Gasteiger charge is 2.51. The van der Waals surface area contributed by atoms with E-state index in [0.29, 0.717) is 17.8 Å². The summed E-state index contributed by atoms with van der Waals surface area (Å²) in [4.78, 5) is 18.2. The van der Waals surface area contributed by atoms with E-state index in [2.05, 4.69) is 20.4 Å². The van der Waals surface area contributed by atoms with Crippen LogP contribution < -0.4 is 0 Å². The van der Waals surface area contributed by atoms with E-state index in [1.807, 2.05) is 6.08 Å². The molecule has 0 bridgehead atoms. The molecular formula is C23H20FN7O3S2. The Hall–Kier alpha value is -3.55. The van der Waals surface area contributed by atoms with Gasteiger partial charge in [0.25, 0.3) is 10.0 Å². The molecule has 0 spiro atoms. The average Bonchev–Trinajstić information content (AvgIpc) is 3.63. The lowest BCUT2D eigenvalue weighted by Gasteiger charge is -2.44. The number of aromatic nitrogens is 6. The lowest BCUT2D eigenvalue weighted by atomic mass is 9.65. The summed E-state index contributed by atoms with van der Waals surface area (Å²) in [5.41, 5.74) is 3.88. The van der Waals surface area contributed by atoms with Crippen LogP contribution in [-0.2, 0) is 23.5 Å². The molecule has 0 radical (unpaired) electrons. The number of benzene rings is 1. The Kier molecular flexibility index (Phi) is 5.24. The molecule has 2 aliphatic rings. The number of piperidine rings is 1. The number of sulfonamides is 1. The van der Waals surface area contributed by atoms with E-state index in [9.17, 15) is 17.6 Å². The number of thiazole rings is 1. The highest BCUT2D eigenvalue weighted by atomic mass is 32.2. The van der Waals surface area contributed by atoms with Gasteiger partial charge in [-0.05, 0) is 48.7 Å². The Morgan fingerprint density at radius 1 is 1.19 bits per heavy atom. The van der Waals surface area contributed by atoms with Crippen molar-refractivity contribution in [2.24, 2.45) is 12.5 Å². The van der Waals surface area contributed by atoms with Crippen molar-refractivity contribution in [3.63, 3.8) is 0 Å². The number of hydrogen-bond acceptors (Lipinski definition) is 8. The van der Waals surface area contributed by atoms with Crippen molar-refractivity contribution in [2.45, 2.75) is 17.9 Å². The molecule has 1 aliphatic carbocycles. The van der Waals surface area contributed by atoms with E-state index in [0.717, 1.165) is 16.8 Å². The number of nitrogens with zero attached hydrogens (tertiary/aromatic N) is 7. The van der Waals surface area contributed by atoms with Crippen LogP contribution in [0.15, 0.2) is 58.1 Å². The summed E-state index contributed by atoms with van der Waals surface area (Å²) >= 11 is 1.31. The topological polar surface area (TPSA) is 116 Å². The quantitative estimate of drug-likeness (QED) is 0.368. The number of fused-ring (bicyclic) bond motifs is 2. The Balaban J connectivity index is 1.45. The summed E-state index contributed by atoms with van der Waals surface area (Å²) in [5.74, 6) is -0.568. The molecule has 0 N–H and O–H groups in total. The number of carbonyl (C=O) groups is 1. The fraction of sp³-hybridized carbons (Fsp3) is 0.261. The van der Waals surface area contributed by atoms with Crippen molar-refractivity contribution in [1.82, 2.24) is 34.1 Å². The zero-order valence-electron chi connectivity index (χ0n) is 19.1. The van der Waals surface area contributed by atoms with Gasteiger partial charge in [-0.15, -0.1) is 16.4 Å².